The van der Waals surface area contributed by atoms with E-state index in [-0.39, 0.29) is 17.9 Å². The van der Waals surface area contributed by atoms with E-state index < -0.39 is 0 Å². The molecule has 0 saturated heterocycles. The van der Waals surface area contributed by atoms with Crippen molar-refractivity contribution in [2.75, 3.05) is 0 Å². The predicted molar refractivity (Wildman–Crippen MR) is 83.5 cm³/mol. The molecule has 3 N–H and O–H groups in total. The van der Waals surface area contributed by atoms with E-state index in [4.69, 9.17) is 5.73 Å². The highest BCUT2D eigenvalue weighted by atomic mass is 16.2. The zero-order valence-corrected chi connectivity index (χ0v) is 13.1. The Labute approximate surface area is 128 Å². The fraction of sp³-hybridized carbons (Fsp3) is 0.944. The lowest BCUT2D eigenvalue weighted by atomic mass is 9.54. The molecule has 3 heteroatoms. The van der Waals surface area contributed by atoms with Gasteiger partial charge in [0, 0.05) is 12.1 Å². The number of carbonyl (C=O) groups is 1. The molecule has 0 spiro atoms. The summed E-state index contributed by atoms with van der Waals surface area (Å²) in [7, 11) is 0. The van der Waals surface area contributed by atoms with Gasteiger partial charge in [-0.2, -0.15) is 0 Å². The molecule has 0 aromatic heterocycles. The molecule has 5 fully saturated rings. The van der Waals surface area contributed by atoms with Crippen LogP contribution >= 0.6 is 0 Å². The normalized spacial score (nSPS) is 48.9. The third-order valence-corrected chi connectivity index (χ3v) is 6.94. The highest BCUT2D eigenvalue weighted by molar-refractivity contribution is 5.79. The van der Waals surface area contributed by atoms with Crippen LogP contribution in [0, 0.1) is 29.6 Å². The summed E-state index contributed by atoms with van der Waals surface area (Å²) in [6.07, 6.45) is 12.6. The average molecular weight is 290 g/mol. The third-order valence-electron chi connectivity index (χ3n) is 6.94. The van der Waals surface area contributed by atoms with E-state index in [1.54, 1.807) is 0 Å². The number of amides is 1. The van der Waals surface area contributed by atoms with Gasteiger partial charge in [-0.1, -0.05) is 19.3 Å². The van der Waals surface area contributed by atoms with E-state index in [1.165, 1.54) is 51.4 Å². The molecule has 21 heavy (non-hydrogen) atoms. The van der Waals surface area contributed by atoms with Crippen molar-refractivity contribution in [3.05, 3.63) is 0 Å². The lowest BCUT2D eigenvalue weighted by Crippen LogP contribution is -2.57. The Balaban J connectivity index is 1.42. The first-order chi connectivity index (χ1) is 10.2. The Morgan fingerprint density at radius 2 is 1.48 bits per heavy atom. The first-order valence-electron chi connectivity index (χ1n) is 9.26. The Morgan fingerprint density at radius 1 is 0.857 bits per heavy atom. The molecule has 0 radical (unpaired) electrons. The van der Waals surface area contributed by atoms with Gasteiger partial charge in [0.05, 0.1) is 5.92 Å². The summed E-state index contributed by atoms with van der Waals surface area (Å²) in [6, 6.07) is 0.560. The van der Waals surface area contributed by atoms with Gasteiger partial charge in [0.15, 0.2) is 0 Å². The summed E-state index contributed by atoms with van der Waals surface area (Å²) in [5.41, 5.74) is 6.27. The van der Waals surface area contributed by atoms with E-state index in [1.807, 2.05) is 0 Å². The van der Waals surface area contributed by atoms with Gasteiger partial charge in [-0.05, 0) is 68.6 Å². The predicted octanol–water partition coefficient (Wildman–Crippen LogP) is 2.83. The third kappa shape index (κ3) is 2.62. The molecule has 2 atom stereocenters. The smallest absolute Gasteiger partial charge is 0.224 e. The lowest BCUT2D eigenvalue weighted by molar-refractivity contribution is -0.129. The maximum Gasteiger partial charge on any atom is 0.224 e. The number of hydrogen-bond acceptors (Lipinski definition) is 2. The number of hydrogen-bond donors (Lipinski definition) is 2. The van der Waals surface area contributed by atoms with Gasteiger partial charge >= 0.3 is 0 Å². The van der Waals surface area contributed by atoms with Gasteiger partial charge in [-0.25, -0.2) is 0 Å². The number of rotatable bonds is 2. The summed E-state index contributed by atoms with van der Waals surface area (Å²) in [4.78, 5) is 12.8. The van der Waals surface area contributed by atoms with E-state index >= 15 is 0 Å². The largest absolute Gasteiger partial charge is 0.353 e. The van der Waals surface area contributed by atoms with Gasteiger partial charge in [-0.3, -0.25) is 4.79 Å². The molecular weight excluding hydrogens is 260 g/mol. The van der Waals surface area contributed by atoms with Crippen molar-refractivity contribution in [1.82, 2.24) is 5.32 Å². The maximum atomic E-state index is 12.8. The second-order valence-corrected chi connectivity index (χ2v) is 8.37. The van der Waals surface area contributed by atoms with Crippen LogP contribution in [0.15, 0.2) is 0 Å². The van der Waals surface area contributed by atoms with Crippen molar-refractivity contribution in [2.24, 2.45) is 35.3 Å². The standard InChI is InChI=1S/C18H30N2O/c19-16-5-3-1-2-4-15(16)18(21)20-17-13-7-11-6-12(9-13)10-14(17)8-11/h11-17H,1-10,19H2,(H,20,21). The fourth-order valence-electron chi connectivity index (χ4n) is 6.09. The second kappa shape index (κ2) is 5.57. The van der Waals surface area contributed by atoms with E-state index in [2.05, 4.69) is 5.32 Å². The minimum Gasteiger partial charge on any atom is -0.353 e. The van der Waals surface area contributed by atoms with E-state index in [0.717, 1.165) is 36.5 Å². The number of nitrogens with one attached hydrogen (secondary N) is 1. The van der Waals surface area contributed by atoms with Crippen LogP contribution in [-0.4, -0.2) is 18.0 Å². The van der Waals surface area contributed by atoms with Gasteiger partial charge in [0.25, 0.3) is 0 Å². The van der Waals surface area contributed by atoms with E-state index in [9.17, 15) is 4.79 Å². The molecule has 5 aliphatic carbocycles. The molecule has 0 aromatic rings. The summed E-state index contributed by atoms with van der Waals surface area (Å²) in [5.74, 6) is 3.84. The fourth-order valence-corrected chi connectivity index (χ4v) is 6.09. The first-order valence-corrected chi connectivity index (χ1v) is 9.26. The van der Waals surface area contributed by atoms with Crippen LogP contribution in [-0.2, 0) is 4.79 Å². The van der Waals surface area contributed by atoms with Crippen LogP contribution < -0.4 is 11.1 Å². The molecule has 5 aliphatic rings. The zero-order chi connectivity index (χ0) is 14.4. The van der Waals surface area contributed by atoms with Crippen molar-refractivity contribution in [3.63, 3.8) is 0 Å². The van der Waals surface area contributed by atoms with E-state index in [0.29, 0.717) is 6.04 Å². The molecule has 2 unspecified atom stereocenters. The Hall–Kier alpha value is -0.570. The van der Waals surface area contributed by atoms with Gasteiger partial charge < -0.3 is 11.1 Å². The maximum absolute atomic E-state index is 12.8. The molecular formula is C18H30N2O. The minimum atomic E-state index is 0.0738. The van der Waals surface area contributed by atoms with Crippen LogP contribution in [0.5, 0.6) is 0 Å². The summed E-state index contributed by atoms with van der Waals surface area (Å²) >= 11 is 0. The molecule has 5 saturated carbocycles. The Kier molecular flexibility index (Phi) is 3.72. The van der Waals surface area contributed by atoms with Crippen LogP contribution in [0.4, 0.5) is 0 Å². The van der Waals surface area contributed by atoms with Crippen LogP contribution in [0.25, 0.3) is 0 Å². The highest BCUT2D eigenvalue weighted by Crippen LogP contribution is 2.53. The monoisotopic (exact) mass is 290 g/mol. The van der Waals surface area contributed by atoms with Gasteiger partial charge in [0.2, 0.25) is 5.91 Å². The quantitative estimate of drug-likeness (QED) is 0.768. The second-order valence-electron chi connectivity index (χ2n) is 8.37. The lowest BCUT2D eigenvalue weighted by Gasteiger charge is -2.54. The van der Waals surface area contributed by atoms with Crippen molar-refractivity contribution in [3.8, 4) is 0 Å². The molecule has 0 heterocycles. The molecule has 118 valence electrons. The molecule has 0 aliphatic heterocycles. The SMILES string of the molecule is NC1CCCCCC1C(=O)NC1C2CC3CC(C2)CC1C3. The average Bonchev–Trinajstić information content (AvgIpc) is 2.66. The molecule has 0 aromatic carbocycles. The summed E-state index contributed by atoms with van der Waals surface area (Å²) < 4.78 is 0. The molecule has 3 nitrogen and oxygen atoms in total. The number of nitrogens with two attached hydrogens (primary N) is 1. The highest BCUT2D eigenvalue weighted by Gasteiger charge is 2.49. The van der Waals surface area contributed by atoms with Crippen LogP contribution in [0.1, 0.15) is 64.2 Å². The Bertz CT molecular complexity index is 380. The van der Waals surface area contributed by atoms with Gasteiger partial charge in [-0.15, -0.1) is 0 Å². The van der Waals surface area contributed by atoms with Crippen molar-refractivity contribution < 1.29 is 4.79 Å². The molecule has 4 bridgehead atoms. The van der Waals surface area contributed by atoms with Crippen molar-refractivity contribution >= 4 is 5.91 Å². The van der Waals surface area contributed by atoms with Crippen LogP contribution in [0.3, 0.4) is 0 Å². The zero-order valence-electron chi connectivity index (χ0n) is 13.1. The molecule has 1 amide bonds. The number of carbonyl (C=O) groups excluding carboxylic acids is 1. The summed E-state index contributed by atoms with van der Waals surface area (Å²) in [5, 5.41) is 3.47. The molecule has 5 rings (SSSR count). The Morgan fingerprint density at radius 3 is 2.14 bits per heavy atom. The topological polar surface area (TPSA) is 55.1 Å². The van der Waals surface area contributed by atoms with Crippen molar-refractivity contribution in [2.45, 2.75) is 76.3 Å². The van der Waals surface area contributed by atoms with Gasteiger partial charge in [0.1, 0.15) is 0 Å². The minimum absolute atomic E-state index is 0.0738. The first kappa shape index (κ1) is 14.0. The van der Waals surface area contributed by atoms with Crippen LogP contribution in [0.2, 0.25) is 0 Å². The summed E-state index contributed by atoms with van der Waals surface area (Å²) in [6.45, 7) is 0. The van der Waals surface area contributed by atoms with Crippen molar-refractivity contribution in [1.29, 1.82) is 0 Å².